The Morgan fingerprint density at radius 1 is 1.29 bits per heavy atom. The summed E-state index contributed by atoms with van der Waals surface area (Å²) in [6, 6.07) is 0. The molecule has 0 aromatic heterocycles. The Morgan fingerprint density at radius 2 is 2.07 bits per heavy atom. The molecule has 0 aromatic rings. The molecule has 0 heterocycles. The summed E-state index contributed by atoms with van der Waals surface area (Å²) < 4.78 is 0. The van der Waals surface area contributed by atoms with Gasteiger partial charge in [-0.3, -0.25) is 0 Å². The van der Waals surface area contributed by atoms with E-state index in [1.54, 1.807) is 0 Å². The van der Waals surface area contributed by atoms with Crippen LogP contribution in [0.1, 0.15) is 33.6 Å². The van der Waals surface area contributed by atoms with E-state index in [-0.39, 0.29) is 5.41 Å². The number of hydrogen-bond donors (Lipinski definition) is 0. The molecule has 0 amide bonds. The Labute approximate surface area is 86.7 Å². The van der Waals surface area contributed by atoms with Gasteiger partial charge in [0.25, 0.3) is 0 Å². The second-order valence-corrected chi connectivity index (χ2v) is 4.95. The lowest BCUT2D eigenvalue weighted by Crippen LogP contribution is -2.10. The van der Waals surface area contributed by atoms with Gasteiger partial charge in [0.1, 0.15) is 0 Å². The molecule has 0 N–H and O–H groups in total. The quantitative estimate of drug-likeness (QED) is 0.579. The molecule has 0 aliphatic heterocycles. The first-order valence-corrected chi connectivity index (χ1v) is 5.27. The zero-order valence-electron chi connectivity index (χ0n) is 9.22. The summed E-state index contributed by atoms with van der Waals surface area (Å²) in [5, 5.41) is 0. The number of hydrogen-bond acceptors (Lipinski definition) is 0. The molecule has 73 valence electrons. The maximum absolute atomic E-state index is 3.47. The van der Waals surface area contributed by atoms with E-state index in [9.17, 15) is 0 Å². The lowest BCUT2D eigenvalue weighted by atomic mass is 9.81. The van der Waals surface area contributed by atoms with Gasteiger partial charge < -0.3 is 0 Å². The molecule has 0 atom stereocenters. The molecule has 0 fully saturated rings. The number of allylic oxidation sites excluding steroid dienone is 8. The van der Waals surface area contributed by atoms with Crippen molar-refractivity contribution >= 4 is 0 Å². The highest BCUT2D eigenvalue weighted by atomic mass is 14.3. The van der Waals surface area contributed by atoms with Gasteiger partial charge in [-0.2, -0.15) is 0 Å². The van der Waals surface area contributed by atoms with Crippen LogP contribution in [0.4, 0.5) is 0 Å². The van der Waals surface area contributed by atoms with Crippen LogP contribution in [0.25, 0.3) is 0 Å². The van der Waals surface area contributed by atoms with Crippen molar-refractivity contribution in [1.82, 2.24) is 0 Å². The summed E-state index contributed by atoms with van der Waals surface area (Å²) in [4.78, 5) is 0. The molecule has 0 saturated heterocycles. The van der Waals surface area contributed by atoms with Gasteiger partial charge in [-0.25, -0.2) is 0 Å². The normalized spacial score (nSPS) is 20.9. The molecule has 0 unspecified atom stereocenters. The molecule has 0 nitrogen and oxygen atoms in total. The van der Waals surface area contributed by atoms with E-state index in [4.69, 9.17) is 0 Å². The van der Waals surface area contributed by atoms with Crippen LogP contribution in [0.2, 0.25) is 0 Å². The maximum Gasteiger partial charge on any atom is -0.00820 e. The van der Waals surface area contributed by atoms with E-state index in [0.717, 1.165) is 12.8 Å². The predicted octanol–water partition coefficient (Wildman–Crippen LogP) is 3.98. The second-order valence-electron chi connectivity index (χ2n) is 4.95. The average molecular weight is 185 g/mol. The molecule has 2 aliphatic carbocycles. The summed E-state index contributed by atoms with van der Waals surface area (Å²) in [6.07, 6.45) is 14.4. The van der Waals surface area contributed by atoms with Gasteiger partial charge in [0.15, 0.2) is 0 Å². The predicted molar refractivity (Wildman–Crippen MR) is 60.8 cm³/mol. The Hall–Kier alpha value is -1.04. The minimum atomic E-state index is 0.252. The van der Waals surface area contributed by atoms with Crippen LogP contribution in [0.3, 0.4) is 0 Å². The lowest BCUT2D eigenvalue weighted by molar-refractivity contribution is 0.512. The molecule has 0 bridgehead atoms. The molecule has 0 aromatic carbocycles. The molecule has 1 radical (unpaired) electrons. The standard InChI is InChI=1S/C14H17/c1-14(2,3)13-10-6-9-12(13)11-7-4-5-8-11/h4-5,7,10H,6,8H2,1-3H3. The van der Waals surface area contributed by atoms with Crippen LogP contribution >= 0.6 is 0 Å². The Bertz CT molecular complexity index is 354. The van der Waals surface area contributed by atoms with Gasteiger partial charge in [-0.15, -0.1) is 0 Å². The summed E-state index contributed by atoms with van der Waals surface area (Å²) in [7, 11) is 0. The van der Waals surface area contributed by atoms with Crippen molar-refractivity contribution in [3.8, 4) is 0 Å². The van der Waals surface area contributed by atoms with Crippen molar-refractivity contribution in [2.24, 2.45) is 5.41 Å². The van der Waals surface area contributed by atoms with E-state index in [2.05, 4.69) is 51.2 Å². The SMILES string of the molecule is CC(C)(C)C1=CC[C]=C1C1=CC=CC1. The lowest BCUT2D eigenvalue weighted by Gasteiger charge is -2.24. The Balaban J connectivity index is 2.26. The zero-order valence-corrected chi connectivity index (χ0v) is 9.22. The van der Waals surface area contributed by atoms with Crippen LogP contribution in [0.15, 0.2) is 41.0 Å². The molecule has 2 aliphatic rings. The Kier molecular flexibility index (Phi) is 2.22. The molecule has 0 heteroatoms. The van der Waals surface area contributed by atoms with Gasteiger partial charge in [0, 0.05) is 0 Å². The van der Waals surface area contributed by atoms with Gasteiger partial charge in [-0.1, -0.05) is 45.1 Å². The van der Waals surface area contributed by atoms with E-state index < -0.39 is 0 Å². The van der Waals surface area contributed by atoms with Crippen molar-refractivity contribution < 1.29 is 0 Å². The highest BCUT2D eigenvalue weighted by Gasteiger charge is 2.25. The van der Waals surface area contributed by atoms with E-state index >= 15 is 0 Å². The minimum Gasteiger partial charge on any atom is -0.0801 e. The molecular weight excluding hydrogens is 168 g/mol. The smallest absolute Gasteiger partial charge is 0.00820 e. The van der Waals surface area contributed by atoms with Crippen LogP contribution in [0, 0.1) is 11.5 Å². The van der Waals surface area contributed by atoms with Crippen molar-refractivity contribution in [3.63, 3.8) is 0 Å². The molecule has 0 saturated carbocycles. The first kappa shape index (κ1) is 9.51. The third kappa shape index (κ3) is 1.61. The summed E-state index contributed by atoms with van der Waals surface area (Å²) >= 11 is 0. The highest BCUT2D eigenvalue weighted by Crippen LogP contribution is 2.40. The number of rotatable bonds is 1. The fourth-order valence-electron chi connectivity index (χ4n) is 2.05. The van der Waals surface area contributed by atoms with Gasteiger partial charge in [0.2, 0.25) is 0 Å². The maximum atomic E-state index is 3.47. The van der Waals surface area contributed by atoms with Crippen molar-refractivity contribution in [2.75, 3.05) is 0 Å². The third-order valence-corrected chi connectivity index (χ3v) is 2.75. The van der Waals surface area contributed by atoms with Crippen molar-refractivity contribution in [3.05, 3.63) is 47.1 Å². The van der Waals surface area contributed by atoms with E-state index in [1.807, 2.05) is 0 Å². The zero-order chi connectivity index (χ0) is 10.2. The first-order valence-electron chi connectivity index (χ1n) is 5.27. The highest BCUT2D eigenvalue weighted by molar-refractivity contribution is 5.53. The monoisotopic (exact) mass is 185 g/mol. The van der Waals surface area contributed by atoms with Gasteiger partial charge in [-0.05, 0) is 41.1 Å². The average Bonchev–Trinajstić information content (AvgIpc) is 2.73. The van der Waals surface area contributed by atoms with Crippen LogP contribution < -0.4 is 0 Å². The van der Waals surface area contributed by atoms with Crippen LogP contribution in [-0.2, 0) is 0 Å². The summed E-state index contributed by atoms with van der Waals surface area (Å²) in [5.74, 6) is 0. The van der Waals surface area contributed by atoms with E-state index in [0.29, 0.717) is 0 Å². The molecule has 0 spiro atoms. The first-order chi connectivity index (χ1) is 6.59. The van der Waals surface area contributed by atoms with Crippen molar-refractivity contribution in [2.45, 2.75) is 33.6 Å². The van der Waals surface area contributed by atoms with Crippen molar-refractivity contribution in [1.29, 1.82) is 0 Å². The molecular formula is C14H17. The second kappa shape index (κ2) is 3.27. The fourth-order valence-corrected chi connectivity index (χ4v) is 2.05. The largest absolute Gasteiger partial charge is 0.0801 e. The summed E-state index contributed by atoms with van der Waals surface area (Å²) in [6.45, 7) is 6.82. The van der Waals surface area contributed by atoms with E-state index in [1.165, 1.54) is 16.7 Å². The molecule has 14 heavy (non-hydrogen) atoms. The van der Waals surface area contributed by atoms with Crippen LogP contribution in [-0.4, -0.2) is 0 Å². The van der Waals surface area contributed by atoms with Crippen LogP contribution in [0.5, 0.6) is 0 Å². The molecule has 2 rings (SSSR count). The minimum absolute atomic E-state index is 0.252. The van der Waals surface area contributed by atoms with Gasteiger partial charge >= 0.3 is 0 Å². The Morgan fingerprint density at radius 3 is 2.64 bits per heavy atom. The third-order valence-electron chi connectivity index (χ3n) is 2.75. The summed E-state index contributed by atoms with van der Waals surface area (Å²) in [5.41, 5.74) is 4.51. The van der Waals surface area contributed by atoms with Gasteiger partial charge in [0.05, 0.1) is 0 Å². The fraction of sp³-hybridized carbons (Fsp3) is 0.429. The topological polar surface area (TPSA) is 0 Å².